The van der Waals surface area contributed by atoms with E-state index in [9.17, 15) is 0 Å². The van der Waals surface area contributed by atoms with E-state index in [1.165, 1.54) is 109 Å². The van der Waals surface area contributed by atoms with Gasteiger partial charge in [0.1, 0.15) is 12.4 Å². The lowest BCUT2D eigenvalue weighted by Gasteiger charge is -2.13. The Morgan fingerprint density at radius 3 is 1.62 bits per heavy atom. The second-order valence-electron chi connectivity index (χ2n) is 9.65. The zero-order valence-electron chi connectivity index (χ0n) is 20.7. The standard InChI is InChI=1S/C27H53N2/c1-6-8-9-10-11-12-13-14-15-16-17-18-19-20-21-26(5)29-24-23-28(22-7-2)27(29)25(3)4/h23-26H,6-22H2,1-5H3/q+1. The monoisotopic (exact) mass is 405 g/mol. The number of unbranched alkanes of at least 4 members (excludes halogenated alkanes) is 13. The van der Waals surface area contributed by atoms with Crippen molar-refractivity contribution in [3.63, 3.8) is 0 Å². The van der Waals surface area contributed by atoms with E-state index in [0.717, 1.165) is 6.54 Å². The summed E-state index contributed by atoms with van der Waals surface area (Å²) < 4.78 is 5.01. The Labute approximate surface area is 183 Å². The fourth-order valence-corrected chi connectivity index (χ4v) is 4.66. The van der Waals surface area contributed by atoms with Gasteiger partial charge in [0.15, 0.2) is 0 Å². The highest BCUT2D eigenvalue weighted by Gasteiger charge is 2.23. The molecule has 0 aromatic carbocycles. The fraction of sp³-hybridized carbons (Fsp3) is 0.889. The minimum atomic E-state index is 0.593. The lowest BCUT2D eigenvalue weighted by molar-refractivity contribution is -0.705. The Hall–Kier alpha value is -0.790. The molecule has 0 aliphatic carbocycles. The summed E-state index contributed by atoms with van der Waals surface area (Å²) in [4.78, 5) is 0. The molecule has 1 unspecified atom stereocenters. The van der Waals surface area contributed by atoms with Crippen LogP contribution in [0.1, 0.15) is 155 Å². The average molecular weight is 406 g/mol. The lowest BCUT2D eigenvalue weighted by Crippen LogP contribution is -2.38. The molecular formula is C27H53N2+. The van der Waals surface area contributed by atoms with Crippen molar-refractivity contribution < 1.29 is 4.57 Å². The minimum absolute atomic E-state index is 0.593. The molecule has 0 radical (unpaired) electrons. The smallest absolute Gasteiger partial charge is 0.234 e. The Bertz CT molecular complexity index is 489. The largest absolute Gasteiger partial charge is 0.259 e. The molecule has 0 aliphatic heterocycles. The van der Waals surface area contributed by atoms with Crippen molar-refractivity contribution in [2.24, 2.45) is 0 Å². The maximum Gasteiger partial charge on any atom is 0.259 e. The van der Waals surface area contributed by atoms with Gasteiger partial charge in [0.2, 0.25) is 0 Å². The van der Waals surface area contributed by atoms with Crippen LogP contribution in [-0.2, 0) is 6.54 Å². The summed E-state index contributed by atoms with van der Waals surface area (Å²) >= 11 is 0. The number of hydrogen-bond donors (Lipinski definition) is 0. The molecule has 0 amide bonds. The van der Waals surface area contributed by atoms with E-state index in [1.807, 2.05) is 0 Å². The zero-order chi connectivity index (χ0) is 21.3. The quantitative estimate of drug-likeness (QED) is 0.161. The highest BCUT2D eigenvalue weighted by atomic mass is 15.2. The summed E-state index contributed by atoms with van der Waals surface area (Å²) in [5, 5.41) is 0. The van der Waals surface area contributed by atoms with Crippen LogP contribution in [-0.4, -0.2) is 4.57 Å². The highest BCUT2D eigenvalue weighted by molar-refractivity contribution is 4.92. The first-order valence-corrected chi connectivity index (χ1v) is 13.2. The van der Waals surface area contributed by atoms with Gasteiger partial charge < -0.3 is 0 Å². The van der Waals surface area contributed by atoms with E-state index in [4.69, 9.17) is 0 Å². The van der Waals surface area contributed by atoms with E-state index in [-0.39, 0.29) is 0 Å². The third-order valence-electron chi connectivity index (χ3n) is 6.40. The van der Waals surface area contributed by atoms with Gasteiger partial charge in [-0.25, -0.2) is 9.13 Å². The normalized spacial score (nSPS) is 12.8. The van der Waals surface area contributed by atoms with Crippen molar-refractivity contribution in [3.05, 3.63) is 18.2 Å². The van der Waals surface area contributed by atoms with Crippen LogP contribution in [0.5, 0.6) is 0 Å². The van der Waals surface area contributed by atoms with Gasteiger partial charge in [-0.05, 0) is 26.2 Å². The zero-order valence-corrected chi connectivity index (χ0v) is 20.7. The molecule has 0 saturated heterocycles. The molecule has 0 bridgehead atoms. The second-order valence-corrected chi connectivity index (χ2v) is 9.65. The molecule has 0 fully saturated rings. The predicted molar refractivity (Wildman–Crippen MR) is 129 cm³/mol. The van der Waals surface area contributed by atoms with Crippen LogP contribution in [0.2, 0.25) is 0 Å². The van der Waals surface area contributed by atoms with Crippen molar-refractivity contribution in [1.82, 2.24) is 4.57 Å². The van der Waals surface area contributed by atoms with Gasteiger partial charge in [0.05, 0.1) is 18.5 Å². The topological polar surface area (TPSA) is 8.81 Å². The maximum atomic E-state index is 2.54. The number of imidazole rings is 1. The van der Waals surface area contributed by atoms with Crippen molar-refractivity contribution in [3.8, 4) is 0 Å². The van der Waals surface area contributed by atoms with Gasteiger partial charge >= 0.3 is 0 Å². The van der Waals surface area contributed by atoms with Gasteiger partial charge in [0, 0.05) is 0 Å². The van der Waals surface area contributed by atoms with Crippen LogP contribution >= 0.6 is 0 Å². The van der Waals surface area contributed by atoms with E-state index in [2.05, 4.69) is 56.1 Å². The molecule has 2 nitrogen and oxygen atoms in total. The Morgan fingerprint density at radius 2 is 1.17 bits per heavy atom. The summed E-state index contributed by atoms with van der Waals surface area (Å²) in [6.07, 6.45) is 27.3. The van der Waals surface area contributed by atoms with E-state index in [0.29, 0.717) is 12.0 Å². The van der Waals surface area contributed by atoms with Crippen LogP contribution in [0.25, 0.3) is 0 Å². The molecular weight excluding hydrogens is 352 g/mol. The first-order valence-electron chi connectivity index (χ1n) is 13.2. The fourth-order valence-electron chi connectivity index (χ4n) is 4.66. The van der Waals surface area contributed by atoms with Gasteiger partial charge in [-0.2, -0.15) is 0 Å². The SMILES string of the molecule is CCCCCCCCCCCCCCCCC(C)n1cc[n+](CCC)c1C(C)C. The third-order valence-corrected chi connectivity index (χ3v) is 6.40. The summed E-state index contributed by atoms with van der Waals surface area (Å²) in [7, 11) is 0. The first kappa shape index (κ1) is 26.2. The Kier molecular flexibility index (Phi) is 15.3. The molecule has 170 valence electrons. The summed E-state index contributed by atoms with van der Waals surface area (Å²) in [6.45, 7) is 12.8. The number of aryl methyl sites for hydroxylation is 1. The maximum absolute atomic E-state index is 2.54. The Balaban J connectivity index is 2.05. The number of nitrogens with zero attached hydrogens (tertiary/aromatic N) is 2. The van der Waals surface area contributed by atoms with Crippen molar-refractivity contribution in [2.75, 3.05) is 0 Å². The average Bonchev–Trinajstić information content (AvgIpc) is 3.12. The van der Waals surface area contributed by atoms with E-state index >= 15 is 0 Å². The van der Waals surface area contributed by atoms with Crippen molar-refractivity contribution >= 4 is 0 Å². The van der Waals surface area contributed by atoms with Crippen LogP contribution < -0.4 is 4.57 Å². The molecule has 1 heterocycles. The van der Waals surface area contributed by atoms with Gasteiger partial charge in [-0.15, -0.1) is 0 Å². The van der Waals surface area contributed by atoms with Crippen LogP contribution in [0.3, 0.4) is 0 Å². The van der Waals surface area contributed by atoms with Crippen LogP contribution in [0, 0.1) is 0 Å². The van der Waals surface area contributed by atoms with Crippen LogP contribution in [0.4, 0.5) is 0 Å². The molecule has 29 heavy (non-hydrogen) atoms. The van der Waals surface area contributed by atoms with E-state index < -0.39 is 0 Å². The minimum Gasteiger partial charge on any atom is -0.234 e. The molecule has 0 N–H and O–H groups in total. The predicted octanol–water partition coefficient (Wildman–Crippen LogP) is 8.74. The number of hydrogen-bond acceptors (Lipinski definition) is 0. The molecule has 1 aromatic heterocycles. The molecule has 1 rings (SSSR count). The van der Waals surface area contributed by atoms with Gasteiger partial charge in [-0.3, -0.25) is 0 Å². The number of rotatable bonds is 19. The van der Waals surface area contributed by atoms with Gasteiger partial charge in [0.25, 0.3) is 5.82 Å². The third kappa shape index (κ3) is 11.2. The molecule has 0 saturated carbocycles. The highest BCUT2D eigenvalue weighted by Crippen LogP contribution is 2.21. The summed E-state index contributed by atoms with van der Waals surface area (Å²) in [5.74, 6) is 2.10. The molecule has 1 atom stereocenters. The Morgan fingerprint density at radius 1 is 0.690 bits per heavy atom. The lowest BCUT2D eigenvalue weighted by atomic mass is 10.0. The number of aromatic nitrogens is 2. The van der Waals surface area contributed by atoms with Gasteiger partial charge in [-0.1, -0.05) is 111 Å². The second kappa shape index (κ2) is 16.9. The van der Waals surface area contributed by atoms with E-state index in [1.54, 1.807) is 0 Å². The molecule has 0 aliphatic rings. The molecule has 1 aromatic rings. The molecule has 2 heteroatoms. The summed E-state index contributed by atoms with van der Waals surface area (Å²) in [5.41, 5.74) is 0. The molecule has 0 spiro atoms. The van der Waals surface area contributed by atoms with Crippen molar-refractivity contribution in [2.45, 2.75) is 156 Å². The first-order chi connectivity index (χ1) is 14.1. The summed E-state index contributed by atoms with van der Waals surface area (Å²) in [6, 6.07) is 0.628. The van der Waals surface area contributed by atoms with Crippen molar-refractivity contribution in [1.29, 1.82) is 0 Å². The van der Waals surface area contributed by atoms with Crippen LogP contribution in [0.15, 0.2) is 12.4 Å².